The number of nitrogens with one attached hydrogen (secondary N) is 3. The van der Waals surface area contributed by atoms with E-state index in [4.69, 9.17) is 0 Å². The van der Waals surface area contributed by atoms with Crippen molar-refractivity contribution in [3.63, 3.8) is 0 Å². The minimum Gasteiger partial charge on any atom is -0.316 e. The average molecular weight is 410 g/mol. The quantitative estimate of drug-likeness (QED) is 0.627. The molecule has 0 spiro atoms. The normalized spacial score (nSPS) is 31.0. The number of piperidine rings is 2. The molecule has 0 radical (unpaired) electrons. The van der Waals surface area contributed by atoms with E-state index in [-0.39, 0.29) is 18.7 Å². The number of fused-ring (bicyclic) bond motifs is 3. The molecule has 0 aromatic heterocycles. The van der Waals surface area contributed by atoms with Crippen molar-refractivity contribution in [3.8, 4) is 0 Å². The van der Waals surface area contributed by atoms with E-state index >= 15 is 0 Å². The molecule has 8 nitrogen and oxygen atoms in total. The lowest BCUT2D eigenvalue weighted by Crippen LogP contribution is -2.54. The van der Waals surface area contributed by atoms with Crippen molar-refractivity contribution in [1.29, 1.82) is 0 Å². The van der Waals surface area contributed by atoms with Crippen LogP contribution in [0.25, 0.3) is 0 Å². The number of hydrogen-bond acceptors (Lipinski definition) is 6. The van der Waals surface area contributed by atoms with Gasteiger partial charge in [0.15, 0.2) is 0 Å². The van der Waals surface area contributed by atoms with Gasteiger partial charge in [0, 0.05) is 19.0 Å². The second-order valence-electron chi connectivity index (χ2n) is 8.96. The van der Waals surface area contributed by atoms with E-state index < -0.39 is 23.8 Å². The number of carbonyl (C=O) groups excluding carboxylic acids is 4. The van der Waals surface area contributed by atoms with Crippen molar-refractivity contribution < 1.29 is 19.2 Å². The number of rotatable bonds is 4. The first kappa shape index (κ1) is 19.4. The fourth-order valence-electron chi connectivity index (χ4n) is 5.54. The Balaban J connectivity index is 1.33. The second kappa shape index (κ2) is 7.59. The van der Waals surface area contributed by atoms with E-state index in [9.17, 15) is 19.2 Å². The molecule has 1 aliphatic carbocycles. The Morgan fingerprint density at radius 1 is 1.00 bits per heavy atom. The average Bonchev–Trinajstić information content (AvgIpc) is 2.97. The van der Waals surface area contributed by atoms with Gasteiger partial charge in [-0.3, -0.25) is 29.4 Å². The molecule has 3 fully saturated rings. The van der Waals surface area contributed by atoms with Crippen LogP contribution in [0, 0.1) is 11.8 Å². The zero-order chi connectivity index (χ0) is 20.8. The number of imide groups is 2. The van der Waals surface area contributed by atoms with Crippen LogP contribution >= 0.6 is 0 Å². The number of amides is 4. The topological polar surface area (TPSA) is 108 Å². The molecule has 3 heterocycles. The Kier molecular flexibility index (Phi) is 4.91. The van der Waals surface area contributed by atoms with Crippen molar-refractivity contribution in [1.82, 2.24) is 20.9 Å². The predicted octanol–water partition coefficient (Wildman–Crippen LogP) is 0.566. The number of nitrogens with zero attached hydrogens (tertiary/aromatic N) is 1. The molecule has 1 aromatic rings. The van der Waals surface area contributed by atoms with Crippen LogP contribution in [0.3, 0.4) is 0 Å². The first-order valence-corrected chi connectivity index (χ1v) is 10.8. The molecule has 2 bridgehead atoms. The van der Waals surface area contributed by atoms with E-state index in [2.05, 4.69) is 16.0 Å². The third kappa shape index (κ3) is 3.33. The van der Waals surface area contributed by atoms with Crippen LogP contribution in [-0.2, 0) is 16.1 Å². The minimum absolute atomic E-state index is 0.122. The maximum absolute atomic E-state index is 13.2. The Morgan fingerprint density at radius 2 is 1.77 bits per heavy atom. The van der Waals surface area contributed by atoms with Gasteiger partial charge in [-0.2, -0.15) is 0 Å². The highest BCUT2D eigenvalue weighted by atomic mass is 16.2. The third-order valence-corrected chi connectivity index (χ3v) is 6.90. The second-order valence-corrected chi connectivity index (χ2v) is 8.96. The molecule has 4 amide bonds. The summed E-state index contributed by atoms with van der Waals surface area (Å²) in [6.45, 7) is 2.66. The molecule has 2 saturated heterocycles. The Morgan fingerprint density at radius 3 is 2.50 bits per heavy atom. The summed E-state index contributed by atoms with van der Waals surface area (Å²) in [5.41, 5.74) is 1.51. The van der Waals surface area contributed by atoms with Gasteiger partial charge < -0.3 is 10.6 Å². The SMILES string of the molecule is O=C1CCC(N2C(=O)c3cccc(CNC4C[C@H]5CNC[C@@H](C4)C5)c3C2=O)C(=O)N1. The third-order valence-electron chi connectivity index (χ3n) is 6.90. The van der Waals surface area contributed by atoms with Crippen LogP contribution in [0.15, 0.2) is 18.2 Å². The van der Waals surface area contributed by atoms with Crippen LogP contribution in [0.4, 0.5) is 0 Å². The number of hydrogen-bond donors (Lipinski definition) is 3. The molecule has 1 saturated carbocycles. The van der Waals surface area contributed by atoms with Crippen molar-refractivity contribution >= 4 is 23.6 Å². The molecule has 5 rings (SSSR count). The van der Waals surface area contributed by atoms with Gasteiger partial charge in [0.1, 0.15) is 6.04 Å². The van der Waals surface area contributed by atoms with E-state index in [1.54, 1.807) is 12.1 Å². The molecule has 30 heavy (non-hydrogen) atoms. The fraction of sp³-hybridized carbons (Fsp3) is 0.545. The van der Waals surface area contributed by atoms with Gasteiger partial charge in [0.2, 0.25) is 11.8 Å². The van der Waals surface area contributed by atoms with Crippen molar-refractivity contribution in [2.45, 2.75) is 50.7 Å². The highest BCUT2D eigenvalue weighted by molar-refractivity contribution is 6.24. The Hall–Kier alpha value is -2.58. The summed E-state index contributed by atoms with van der Waals surface area (Å²) in [5.74, 6) is -0.449. The largest absolute Gasteiger partial charge is 0.316 e. The van der Waals surface area contributed by atoms with Crippen molar-refractivity contribution in [3.05, 3.63) is 34.9 Å². The van der Waals surface area contributed by atoms with Gasteiger partial charge in [-0.05, 0) is 62.2 Å². The maximum atomic E-state index is 13.2. The van der Waals surface area contributed by atoms with Gasteiger partial charge in [0.05, 0.1) is 11.1 Å². The summed E-state index contributed by atoms with van der Waals surface area (Å²) in [4.78, 5) is 50.8. The zero-order valence-corrected chi connectivity index (χ0v) is 16.8. The molecular formula is C22H26N4O4. The molecule has 2 unspecified atom stereocenters. The van der Waals surface area contributed by atoms with E-state index in [0.717, 1.165) is 36.4 Å². The van der Waals surface area contributed by atoms with Crippen LogP contribution in [-0.4, -0.2) is 53.7 Å². The number of carbonyl (C=O) groups is 4. The molecule has 158 valence electrons. The van der Waals surface area contributed by atoms with E-state index in [1.165, 1.54) is 6.42 Å². The Labute approximate surface area is 174 Å². The van der Waals surface area contributed by atoms with Crippen LogP contribution in [0.2, 0.25) is 0 Å². The summed E-state index contributed by atoms with van der Waals surface area (Å²) in [7, 11) is 0. The van der Waals surface area contributed by atoms with Gasteiger partial charge >= 0.3 is 0 Å². The molecule has 3 N–H and O–H groups in total. The molecule has 8 heteroatoms. The lowest BCUT2D eigenvalue weighted by Gasteiger charge is -2.39. The van der Waals surface area contributed by atoms with Crippen LogP contribution in [0.5, 0.6) is 0 Å². The van der Waals surface area contributed by atoms with Crippen LogP contribution in [0.1, 0.15) is 58.4 Å². The zero-order valence-electron chi connectivity index (χ0n) is 16.8. The highest BCUT2D eigenvalue weighted by Crippen LogP contribution is 2.33. The van der Waals surface area contributed by atoms with E-state index in [1.807, 2.05) is 6.07 Å². The summed E-state index contributed by atoms with van der Waals surface area (Å²) in [6, 6.07) is 4.78. The first-order chi connectivity index (χ1) is 14.5. The lowest BCUT2D eigenvalue weighted by molar-refractivity contribution is -0.136. The monoisotopic (exact) mass is 410 g/mol. The summed E-state index contributed by atoms with van der Waals surface area (Å²) in [6.07, 6.45) is 3.82. The molecule has 1 aromatic carbocycles. The summed E-state index contributed by atoms with van der Waals surface area (Å²) < 4.78 is 0. The molecule has 4 aliphatic rings. The van der Waals surface area contributed by atoms with Gasteiger partial charge in [-0.1, -0.05) is 12.1 Å². The van der Waals surface area contributed by atoms with Crippen LogP contribution < -0.4 is 16.0 Å². The molecule has 3 aliphatic heterocycles. The van der Waals surface area contributed by atoms with E-state index in [0.29, 0.717) is 35.5 Å². The van der Waals surface area contributed by atoms with Crippen molar-refractivity contribution in [2.24, 2.45) is 11.8 Å². The lowest BCUT2D eigenvalue weighted by atomic mass is 9.76. The maximum Gasteiger partial charge on any atom is 0.262 e. The van der Waals surface area contributed by atoms with Gasteiger partial charge in [0.25, 0.3) is 11.8 Å². The summed E-state index contributed by atoms with van der Waals surface area (Å²) in [5, 5.41) is 9.34. The smallest absolute Gasteiger partial charge is 0.262 e. The van der Waals surface area contributed by atoms with Gasteiger partial charge in [-0.25, -0.2) is 0 Å². The standard InChI is InChI=1S/C22H26N4O4/c27-18-5-4-17(20(28)25-18)26-21(29)16-3-1-2-14(19(16)22(26)30)11-24-15-7-12-6-13(8-15)10-23-9-12/h1-3,12-13,15,17,23-24H,4-11H2,(H,25,27,28)/t12-,13+,15?,17?. The Bertz CT molecular complexity index is 918. The predicted molar refractivity (Wildman–Crippen MR) is 107 cm³/mol. The molecular weight excluding hydrogens is 384 g/mol. The first-order valence-electron chi connectivity index (χ1n) is 10.8. The molecule has 4 atom stereocenters. The highest BCUT2D eigenvalue weighted by Gasteiger charge is 2.45. The van der Waals surface area contributed by atoms with Gasteiger partial charge in [-0.15, -0.1) is 0 Å². The fourth-order valence-corrected chi connectivity index (χ4v) is 5.54. The van der Waals surface area contributed by atoms with Crippen molar-refractivity contribution in [2.75, 3.05) is 13.1 Å². The number of benzene rings is 1. The summed E-state index contributed by atoms with van der Waals surface area (Å²) >= 11 is 0. The minimum atomic E-state index is -0.930.